The van der Waals surface area contributed by atoms with E-state index in [2.05, 4.69) is 16.5 Å². The molecule has 4 rings (SSSR count). The summed E-state index contributed by atoms with van der Waals surface area (Å²) < 4.78 is 31.9. The molecule has 0 spiro atoms. The van der Waals surface area contributed by atoms with Crippen molar-refractivity contribution < 1.29 is 18.3 Å². The second-order valence-electron chi connectivity index (χ2n) is 7.03. The molecule has 0 unspecified atom stereocenters. The van der Waals surface area contributed by atoms with E-state index in [1.54, 1.807) is 67.0 Å². The summed E-state index contributed by atoms with van der Waals surface area (Å²) in [4.78, 5) is 21.1. The second-order valence-corrected chi connectivity index (χ2v) is 7.03. The highest BCUT2D eigenvalue weighted by atomic mass is 19.2. The summed E-state index contributed by atoms with van der Waals surface area (Å²) in [5, 5.41) is 0. The number of esters is 1. The van der Waals surface area contributed by atoms with Gasteiger partial charge < -0.3 is 4.74 Å². The van der Waals surface area contributed by atoms with Crippen LogP contribution in [0.2, 0.25) is 0 Å². The van der Waals surface area contributed by atoms with Crippen LogP contribution in [0.5, 0.6) is 5.75 Å². The number of aromatic nitrogens is 2. The number of allylic oxidation sites excluding steroid dienone is 1. The number of ether oxygens (including phenoxy) is 1. The second kappa shape index (κ2) is 9.31. The van der Waals surface area contributed by atoms with Crippen molar-refractivity contribution in [3.63, 3.8) is 0 Å². The van der Waals surface area contributed by atoms with Crippen LogP contribution in [-0.4, -0.2) is 15.9 Å². The lowest BCUT2D eigenvalue weighted by molar-refractivity contribution is 0.0735. The summed E-state index contributed by atoms with van der Waals surface area (Å²) in [5.41, 5.74) is 3.33. The lowest BCUT2D eigenvalue weighted by Crippen LogP contribution is -2.08. The van der Waals surface area contributed by atoms with Crippen LogP contribution in [0.15, 0.2) is 91.8 Å². The van der Waals surface area contributed by atoms with E-state index in [0.717, 1.165) is 23.3 Å². The van der Waals surface area contributed by atoms with Crippen molar-refractivity contribution in [2.45, 2.75) is 6.42 Å². The van der Waals surface area contributed by atoms with Gasteiger partial charge in [0, 0.05) is 18.0 Å². The molecule has 0 aliphatic carbocycles. The minimum atomic E-state index is -0.917. The van der Waals surface area contributed by atoms with Crippen LogP contribution in [0.3, 0.4) is 0 Å². The van der Waals surface area contributed by atoms with Gasteiger partial charge in [-0.05, 0) is 59.5 Å². The third-order valence-corrected chi connectivity index (χ3v) is 4.78. The Bertz CT molecular complexity index is 1250. The molecule has 4 aromatic rings. The zero-order chi connectivity index (χ0) is 22.5. The molecule has 0 fully saturated rings. The van der Waals surface area contributed by atoms with Gasteiger partial charge in [-0.3, -0.25) is 0 Å². The van der Waals surface area contributed by atoms with Crippen molar-refractivity contribution in [1.29, 1.82) is 0 Å². The molecule has 158 valence electrons. The molecule has 0 saturated carbocycles. The van der Waals surface area contributed by atoms with Gasteiger partial charge in [0.15, 0.2) is 17.5 Å². The zero-order valence-electron chi connectivity index (χ0n) is 17.0. The van der Waals surface area contributed by atoms with Crippen molar-refractivity contribution in [3.05, 3.63) is 115 Å². The number of benzene rings is 3. The third-order valence-electron chi connectivity index (χ3n) is 4.78. The first-order valence-electron chi connectivity index (χ1n) is 9.83. The highest BCUT2D eigenvalue weighted by Gasteiger charge is 2.11. The minimum absolute atomic E-state index is 0.339. The summed E-state index contributed by atoms with van der Waals surface area (Å²) >= 11 is 0. The molecule has 0 N–H and O–H groups in total. The Labute approximate surface area is 183 Å². The average Bonchev–Trinajstić information content (AvgIpc) is 2.82. The fourth-order valence-electron chi connectivity index (χ4n) is 3.09. The zero-order valence-corrected chi connectivity index (χ0v) is 17.0. The predicted octanol–water partition coefficient (Wildman–Crippen LogP) is 6.04. The Morgan fingerprint density at radius 3 is 2.09 bits per heavy atom. The molecule has 0 amide bonds. The van der Waals surface area contributed by atoms with Crippen molar-refractivity contribution >= 4 is 5.97 Å². The van der Waals surface area contributed by atoms with Crippen molar-refractivity contribution in [1.82, 2.24) is 9.97 Å². The molecule has 0 saturated heterocycles. The normalized spacial score (nSPS) is 10.6. The molecular weight excluding hydrogens is 410 g/mol. The molecule has 1 heterocycles. The standard InChI is InChI=1S/C26H18F2N2O2/c1-2-3-17-15-29-25(30-16-17)19-4-6-20(7-5-19)26(31)32-22-11-8-18(9-12-22)21-10-13-23(27)24(28)14-21/h2,4-16H,1,3H2. The molecule has 0 aliphatic rings. The summed E-state index contributed by atoms with van der Waals surface area (Å²) in [6.45, 7) is 3.69. The van der Waals surface area contributed by atoms with Gasteiger partial charge in [-0.2, -0.15) is 0 Å². The summed E-state index contributed by atoms with van der Waals surface area (Å²) in [6, 6.07) is 17.0. The molecular formula is C26H18F2N2O2. The summed E-state index contributed by atoms with van der Waals surface area (Å²) in [5.74, 6) is -1.43. The van der Waals surface area contributed by atoms with Crippen LogP contribution in [0.4, 0.5) is 8.78 Å². The minimum Gasteiger partial charge on any atom is -0.423 e. The largest absolute Gasteiger partial charge is 0.423 e. The smallest absolute Gasteiger partial charge is 0.343 e. The van der Waals surface area contributed by atoms with Gasteiger partial charge in [0.1, 0.15) is 5.75 Å². The maximum Gasteiger partial charge on any atom is 0.343 e. The number of nitrogens with zero attached hydrogens (tertiary/aromatic N) is 2. The van der Waals surface area contributed by atoms with Gasteiger partial charge in [0.2, 0.25) is 0 Å². The van der Waals surface area contributed by atoms with E-state index in [1.165, 1.54) is 6.07 Å². The van der Waals surface area contributed by atoms with E-state index < -0.39 is 17.6 Å². The van der Waals surface area contributed by atoms with Crippen LogP contribution >= 0.6 is 0 Å². The van der Waals surface area contributed by atoms with Gasteiger partial charge >= 0.3 is 5.97 Å². The molecule has 32 heavy (non-hydrogen) atoms. The number of hydrogen-bond acceptors (Lipinski definition) is 4. The maximum absolute atomic E-state index is 13.4. The Kier molecular flexibility index (Phi) is 6.12. The van der Waals surface area contributed by atoms with Crippen LogP contribution in [0.1, 0.15) is 15.9 Å². The van der Waals surface area contributed by atoms with Gasteiger partial charge in [-0.25, -0.2) is 23.5 Å². The highest BCUT2D eigenvalue weighted by Crippen LogP contribution is 2.25. The van der Waals surface area contributed by atoms with Crippen LogP contribution in [0, 0.1) is 11.6 Å². The van der Waals surface area contributed by atoms with E-state index in [-0.39, 0.29) is 0 Å². The first kappa shape index (κ1) is 21.1. The Morgan fingerprint density at radius 1 is 0.844 bits per heavy atom. The first-order chi connectivity index (χ1) is 15.5. The summed E-state index contributed by atoms with van der Waals surface area (Å²) in [7, 11) is 0. The van der Waals surface area contributed by atoms with Gasteiger partial charge in [-0.15, -0.1) is 6.58 Å². The Balaban J connectivity index is 1.43. The van der Waals surface area contributed by atoms with E-state index >= 15 is 0 Å². The topological polar surface area (TPSA) is 52.1 Å². The lowest BCUT2D eigenvalue weighted by atomic mass is 10.1. The molecule has 0 bridgehead atoms. The van der Waals surface area contributed by atoms with Crippen LogP contribution < -0.4 is 4.74 Å². The molecule has 0 radical (unpaired) electrons. The SMILES string of the molecule is C=CCc1cnc(-c2ccc(C(=O)Oc3ccc(-c4ccc(F)c(F)c4)cc3)cc2)nc1. The number of carbonyl (C=O) groups is 1. The number of halogens is 2. The van der Waals surface area contributed by atoms with E-state index in [4.69, 9.17) is 4.74 Å². The number of rotatable bonds is 6. The van der Waals surface area contributed by atoms with Gasteiger partial charge in [-0.1, -0.05) is 36.4 Å². The van der Waals surface area contributed by atoms with Crippen molar-refractivity contribution in [3.8, 4) is 28.3 Å². The Morgan fingerprint density at radius 2 is 1.47 bits per heavy atom. The Hall–Kier alpha value is -4.19. The van der Waals surface area contributed by atoms with E-state index in [0.29, 0.717) is 34.7 Å². The van der Waals surface area contributed by atoms with E-state index in [9.17, 15) is 13.6 Å². The first-order valence-corrected chi connectivity index (χ1v) is 9.83. The number of hydrogen-bond donors (Lipinski definition) is 0. The van der Waals surface area contributed by atoms with Crippen molar-refractivity contribution in [2.24, 2.45) is 0 Å². The monoisotopic (exact) mass is 428 g/mol. The molecule has 3 aromatic carbocycles. The summed E-state index contributed by atoms with van der Waals surface area (Å²) in [6.07, 6.45) is 5.98. The molecule has 0 atom stereocenters. The molecule has 6 heteroatoms. The molecule has 1 aromatic heterocycles. The predicted molar refractivity (Wildman–Crippen MR) is 118 cm³/mol. The molecule has 0 aliphatic heterocycles. The third kappa shape index (κ3) is 4.75. The van der Waals surface area contributed by atoms with Gasteiger partial charge in [0.05, 0.1) is 5.56 Å². The van der Waals surface area contributed by atoms with Crippen molar-refractivity contribution in [2.75, 3.05) is 0 Å². The van der Waals surface area contributed by atoms with Crippen LogP contribution in [0.25, 0.3) is 22.5 Å². The van der Waals surface area contributed by atoms with Gasteiger partial charge in [0.25, 0.3) is 0 Å². The number of carbonyl (C=O) groups excluding carboxylic acids is 1. The van der Waals surface area contributed by atoms with E-state index in [1.807, 2.05) is 0 Å². The average molecular weight is 428 g/mol. The molecule has 4 nitrogen and oxygen atoms in total. The fourth-order valence-corrected chi connectivity index (χ4v) is 3.09. The lowest BCUT2D eigenvalue weighted by Gasteiger charge is -2.07. The fraction of sp³-hybridized carbons (Fsp3) is 0.0385. The quantitative estimate of drug-likeness (QED) is 0.214. The highest BCUT2D eigenvalue weighted by molar-refractivity contribution is 5.91. The van der Waals surface area contributed by atoms with Crippen LogP contribution in [-0.2, 0) is 6.42 Å². The maximum atomic E-state index is 13.4.